The molecule has 136 valence electrons. The fourth-order valence-electron chi connectivity index (χ4n) is 2.57. The van der Waals surface area contributed by atoms with Crippen LogP contribution in [0.3, 0.4) is 0 Å². The van der Waals surface area contributed by atoms with Crippen molar-refractivity contribution in [2.45, 2.75) is 6.92 Å². The zero-order valence-corrected chi connectivity index (χ0v) is 14.7. The van der Waals surface area contributed by atoms with E-state index in [1.165, 1.54) is 0 Å². The van der Waals surface area contributed by atoms with Gasteiger partial charge in [-0.3, -0.25) is 4.99 Å². The number of carboxylic acids is 1. The monoisotopic (exact) mass is 362 g/mol. The molecule has 0 radical (unpaired) electrons. The largest absolute Gasteiger partial charge is 0.478 e. The molecule has 27 heavy (non-hydrogen) atoms. The molecule has 0 saturated heterocycles. The van der Waals surface area contributed by atoms with Crippen molar-refractivity contribution in [2.75, 3.05) is 6.61 Å². The van der Waals surface area contributed by atoms with Crippen LogP contribution >= 0.6 is 0 Å². The molecule has 0 saturated carbocycles. The molecule has 0 atom stereocenters. The average Bonchev–Trinajstić information content (AvgIpc) is 3.15. The minimum absolute atomic E-state index is 0.233. The van der Waals surface area contributed by atoms with E-state index in [4.69, 9.17) is 9.84 Å². The zero-order chi connectivity index (χ0) is 19.2. The number of carboxylic acid groups (broad SMARTS) is 1. The fraction of sp³-hybridized carbons (Fsp3) is 0.0952. The summed E-state index contributed by atoms with van der Waals surface area (Å²) in [5.41, 5.74) is 2.96. The molecule has 1 heterocycles. The maximum absolute atomic E-state index is 11.8. The highest BCUT2D eigenvalue weighted by Gasteiger charge is 2.07. The van der Waals surface area contributed by atoms with Crippen LogP contribution in [0.15, 0.2) is 71.9 Å². The molecule has 6 nitrogen and oxygen atoms in total. The molecular formula is C21H18N2O4. The second-order valence-electron chi connectivity index (χ2n) is 5.68. The predicted octanol–water partition coefficient (Wildman–Crippen LogP) is 4.10. The number of benzene rings is 2. The van der Waals surface area contributed by atoms with E-state index in [0.29, 0.717) is 17.9 Å². The predicted molar refractivity (Wildman–Crippen MR) is 102 cm³/mol. The molecular weight excluding hydrogens is 344 g/mol. The van der Waals surface area contributed by atoms with Crippen molar-refractivity contribution in [3.63, 3.8) is 0 Å². The molecule has 0 aliphatic heterocycles. The highest BCUT2D eigenvalue weighted by atomic mass is 16.5. The number of aliphatic imine (C=N–C) groups is 1. The molecule has 0 spiro atoms. The molecule has 3 rings (SSSR count). The van der Waals surface area contributed by atoms with Crippen molar-refractivity contribution < 1.29 is 19.4 Å². The summed E-state index contributed by atoms with van der Waals surface area (Å²) in [6.45, 7) is 2.08. The third-order valence-corrected chi connectivity index (χ3v) is 3.88. The number of hydrogen-bond acceptors (Lipinski definition) is 4. The van der Waals surface area contributed by atoms with Gasteiger partial charge in [-0.15, -0.1) is 0 Å². The van der Waals surface area contributed by atoms with Crippen molar-refractivity contribution in [3.8, 4) is 5.69 Å². The van der Waals surface area contributed by atoms with E-state index in [9.17, 15) is 9.59 Å². The summed E-state index contributed by atoms with van der Waals surface area (Å²) in [5.74, 6) is -1.34. The molecule has 3 aromatic rings. The third-order valence-electron chi connectivity index (χ3n) is 3.88. The minimum atomic E-state index is -0.961. The lowest BCUT2D eigenvalue weighted by Gasteiger charge is -2.07. The van der Waals surface area contributed by atoms with Crippen LogP contribution in [0.25, 0.3) is 5.69 Å². The molecule has 1 N–H and O–H groups in total. The smallest absolute Gasteiger partial charge is 0.338 e. The van der Waals surface area contributed by atoms with Crippen molar-refractivity contribution in [2.24, 2.45) is 4.99 Å². The normalized spacial score (nSPS) is 10.9. The van der Waals surface area contributed by atoms with Crippen molar-refractivity contribution in [1.82, 2.24) is 4.57 Å². The van der Waals surface area contributed by atoms with E-state index in [0.717, 1.165) is 11.4 Å². The molecule has 0 aliphatic carbocycles. The van der Waals surface area contributed by atoms with E-state index in [1.54, 1.807) is 61.7 Å². The van der Waals surface area contributed by atoms with Gasteiger partial charge in [-0.1, -0.05) is 6.07 Å². The van der Waals surface area contributed by atoms with Crippen molar-refractivity contribution >= 4 is 23.8 Å². The quantitative estimate of drug-likeness (QED) is 0.529. The summed E-state index contributed by atoms with van der Waals surface area (Å²) in [7, 11) is 0. The Labute approximate surface area is 156 Å². The standard InChI is InChI=1S/C21H18N2O4/c1-2-27-21(26)16-5-3-6-17(13-16)22-14-19-7-4-12-23(19)18-10-8-15(9-11-18)20(24)25/h3-14H,2H2,1H3,(H,24,25). The van der Waals surface area contributed by atoms with Crippen LogP contribution < -0.4 is 0 Å². The molecule has 0 amide bonds. The lowest BCUT2D eigenvalue weighted by atomic mass is 10.2. The van der Waals surface area contributed by atoms with Gasteiger partial charge in [-0.25, -0.2) is 9.59 Å². The van der Waals surface area contributed by atoms with E-state index < -0.39 is 5.97 Å². The number of carbonyl (C=O) groups is 2. The van der Waals surface area contributed by atoms with Gasteiger partial charge in [-0.05, 0) is 61.5 Å². The third kappa shape index (κ3) is 4.30. The highest BCUT2D eigenvalue weighted by Crippen LogP contribution is 2.17. The number of aromatic carboxylic acids is 1. The van der Waals surface area contributed by atoms with Gasteiger partial charge >= 0.3 is 11.9 Å². The van der Waals surface area contributed by atoms with E-state index in [2.05, 4.69) is 4.99 Å². The van der Waals surface area contributed by atoms with Crippen molar-refractivity contribution in [3.05, 3.63) is 83.7 Å². The Morgan fingerprint density at radius 1 is 1.07 bits per heavy atom. The summed E-state index contributed by atoms with van der Waals surface area (Å²) in [5, 5.41) is 9.01. The Balaban J connectivity index is 1.83. The van der Waals surface area contributed by atoms with Crippen molar-refractivity contribution in [1.29, 1.82) is 0 Å². The molecule has 0 bridgehead atoms. The maximum Gasteiger partial charge on any atom is 0.338 e. The van der Waals surface area contributed by atoms with Gasteiger partial charge in [0.1, 0.15) is 0 Å². The molecule has 2 aromatic carbocycles. The van der Waals surface area contributed by atoms with Crippen LogP contribution in [0.2, 0.25) is 0 Å². The Bertz CT molecular complexity index is 987. The van der Waals surface area contributed by atoms with Gasteiger partial charge in [0.2, 0.25) is 0 Å². The van der Waals surface area contributed by atoms with Crippen LogP contribution in [-0.4, -0.2) is 34.4 Å². The Kier molecular flexibility index (Phi) is 5.47. The number of rotatable bonds is 6. The second-order valence-corrected chi connectivity index (χ2v) is 5.68. The van der Waals surface area contributed by atoms with Gasteiger partial charge in [-0.2, -0.15) is 0 Å². The molecule has 0 aliphatic rings. The molecule has 6 heteroatoms. The Morgan fingerprint density at radius 2 is 1.85 bits per heavy atom. The van der Waals surface area contributed by atoms with Gasteiger partial charge in [0.15, 0.2) is 0 Å². The van der Waals surface area contributed by atoms with Gasteiger partial charge in [0, 0.05) is 11.9 Å². The first kappa shape index (κ1) is 18.1. The summed E-state index contributed by atoms with van der Waals surface area (Å²) in [6, 6.07) is 17.3. The number of ether oxygens (including phenoxy) is 1. The van der Waals surface area contributed by atoms with Crippen LogP contribution in [-0.2, 0) is 4.74 Å². The van der Waals surface area contributed by atoms with Gasteiger partial charge in [0.05, 0.1) is 35.3 Å². The first-order chi connectivity index (χ1) is 13.1. The van der Waals surface area contributed by atoms with Crippen LogP contribution in [0.5, 0.6) is 0 Å². The SMILES string of the molecule is CCOC(=O)c1cccc(N=Cc2cccn2-c2ccc(C(=O)O)cc2)c1. The molecule has 0 fully saturated rings. The lowest BCUT2D eigenvalue weighted by Crippen LogP contribution is -2.03. The summed E-state index contributed by atoms with van der Waals surface area (Å²) >= 11 is 0. The van der Waals surface area contributed by atoms with Crippen LogP contribution in [0.1, 0.15) is 33.3 Å². The summed E-state index contributed by atoms with van der Waals surface area (Å²) < 4.78 is 6.89. The first-order valence-electron chi connectivity index (χ1n) is 8.41. The summed E-state index contributed by atoms with van der Waals surface area (Å²) in [6.07, 6.45) is 3.56. The average molecular weight is 362 g/mol. The molecule has 1 aromatic heterocycles. The number of nitrogens with zero attached hydrogens (tertiary/aromatic N) is 2. The maximum atomic E-state index is 11.8. The Morgan fingerprint density at radius 3 is 2.56 bits per heavy atom. The summed E-state index contributed by atoms with van der Waals surface area (Å²) in [4.78, 5) is 27.2. The number of aromatic nitrogens is 1. The number of carbonyl (C=O) groups excluding carboxylic acids is 1. The first-order valence-corrected chi connectivity index (χ1v) is 8.41. The van der Waals surface area contributed by atoms with E-state index in [-0.39, 0.29) is 11.5 Å². The van der Waals surface area contributed by atoms with Crippen LogP contribution in [0.4, 0.5) is 5.69 Å². The van der Waals surface area contributed by atoms with Gasteiger partial charge < -0.3 is 14.4 Å². The lowest BCUT2D eigenvalue weighted by molar-refractivity contribution is 0.0526. The minimum Gasteiger partial charge on any atom is -0.478 e. The zero-order valence-electron chi connectivity index (χ0n) is 14.7. The number of hydrogen-bond donors (Lipinski definition) is 1. The van der Waals surface area contributed by atoms with E-state index >= 15 is 0 Å². The Hall–Kier alpha value is -3.67. The van der Waals surface area contributed by atoms with E-state index in [1.807, 2.05) is 22.9 Å². The second kappa shape index (κ2) is 8.14. The van der Waals surface area contributed by atoms with Crippen LogP contribution in [0, 0.1) is 0 Å². The number of esters is 1. The highest BCUT2D eigenvalue weighted by molar-refractivity contribution is 5.91. The molecule has 0 unspecified atom stereocenters. The van der Waals surface area contributed by atoms with Gasteiger partial charge in [0.25, 0.3) is 0 Å². The topological polar surface area (TPSA) is 80.9 Å². The fourth-order valence-corrected chi connectivity index (χ4v) is 2.57.